The van der Waals surface area contributed by atoms with Gasteiger partial charge in [-0.2, -0.15) is 0 Å². The number of rotatable bonds is 5. The van der Waals surface area contributed by atoms with E-state index in [9.17, 15) is 9.59 Å². The predicted octanol–water partition coefficient (Wildman–Crippen LogP) is 3.92. The number of benzene rings is 2. The summed E-state index contributed by atoms with van der Waals surface area (Å²) in [5.74, 6) is -0.127. The topological polar surface area (TPSA) is 46.6 Å². The first kappa shape index (κ1) is 15.8. The van der Waals surface area contributed by atoms with E-state index < -0.39 is 12.1 Å². The van der Waals surface area contributed by atoms with Crippen molar-refractivity contribution in [2.24, 2.45) is 0 Å². The SMILES string of the molecule is CCOC(=O)N(c1ccccc1)C(C)C(=O)c1ccccc1. The second-order valence-electron chi connectivity index (χ2n) is 4.81. The lowest BCUT2D eigenvalue weighted by Gasteiger charge is -2.27. The molecule has 0 saturated carbocycles. The second kappa shape index (κ2) is 7.41. The highest BCUT2D eigenvalue weighted by Crippen LogP contribution is 2.20. The van der Waals surface area contributed by atoms with Crippen LogP contribution in [0.4, 0.5) is 10.5 Å². The van der Waals surface area contributed by atoms with E-state index in [1.807, 2.05) is 24.3 Å². The molecule has 0 spiro atoms. The van der Waals surface area contributed by atoms with Crippen molar-refractivity contribution in [3.05, 3.63) is 66.2 Å². The fourth-order valence-electron chi connectivity index (χ4n) is 2.23. The number of carbonyl (C=O) groups excluding carboxylic acids is 2. The molecule has 2 aromatic carbocycles. The molecule has 0 aliphatic heterocycles. The Morgan fingerprint density at radius 3 is 2.09 bits per heavy atom. The van der Waals surface area contributed by atoms with Crippen molar-refractivity contribution in [2.45, 2.75) is 19.9 Å². The normalized spacial score (nSPS) is 11.5. The Balaban J connectivity index is 2.32. The molecule has 1 atom stereocenters. The first-order valence-corrected chi connectivity index (χ1v) is 7.25. The monoisotopic (exact) mass is 297 g/mol. The summed E-state index contributed by atoms with van der Waals surface area (Å²) in [6, 6.07) is 17.4. The van der Waals surface area contributed by atoms with Gasteiger partial charge in [-0.3, -0.25) is 9.69 Å². The molecule has 4 heteroatoms. The Bertz CT molecular complexity index is 625. The lowest BCUT2D eigenvalue weighted by Crippen LogP contribution is -2.44. The van der Waals surface area contributed by atoms with E-state index in [0.717, 1.165) is 0 Å². The van der Waals surface area contributed by atoms with Gasteiger partial charge in [-0.1, -0.05) is 48.5 Å². The Labute approximate surface area is 130 Å². The average molecular weight is 297 g/mol. The van der Waals surface area contributed by atoms with Crippen LogP contribution in [0.25, 0.3) is 0 Å². The number of amides is 1. The predicted molar refractivity (Wildman–Crippen MR) is 86.2 cm³/mol. The summed E-state index contributed by atoms with van der Waals surface area (Å²) in [4.78, 5) is 26.3. The van der Waals surface area contributed by atoms with Crippen LogP contribution in [0, 0.1) is 0 Å². The van der Waals surface area contributed by atoms with E-state index in [0.29, 0.717) is 11.3 Å². The van der Waals surface area contributed by atoms with Gasteiger partial charge < -0.3 is 4.74 Å². The average Bonchev–Trinajstić information content (AvgIpc) is 2.56. The van der Waals surface area contributed by atoms with Crippen molar-refractivity contribution in [3.8, 4) is 0 Å². The number of hydrogen-bond acceptors (Lipinski definition) is 3. The fraction of sp³-hybridized carbons (Fsp3) is 0.222. The van der Waals surface area contributed by atoms with E-state index in [2.05, 4.69) is 0 Å². The van der Waals surface area contributed by atoms with E-state index in [1.54, 1.807) is 50.2 Å². The van der Waals surface area contributed by atoms with E-state index in [4.69, 9.17) is 4.74 Å². The number of Topliss-reactive ketones (excluding diaryl/α,β-unsaturated/α-hetero) is 1. The summed E-state index contributed by atoms with van der Waals surface area (Å²) in [6.07, 6.45) is -0.523. The van der Waals surface area contributed by atoms with Gasteiger partial charge in [0, 0.05) is 11.3 Å². The van der Waals surface area contributed by atoms with Crippen molar-refractivity contribution in [2.75, 3.05) is 11.5 Å². The molecule has 0 aromatic heterocycles. The number of ketones is 1. The number of carbonyl (C=O) groups is 2. The maximum Gasteiger partial charge on any atom is 0.414 e. The summed E-state index contributed by atoms with van der Waals surface area (Å²) in [5.41, 5.74) is 1.21. The van der Waals surface area contributed by atoms with Gasteiger partial charge in [0.15, 0.2) is 5.78 Å². The zero-order valence-corrected chi connectivity index (χ0v) is 12.7. The van der Waals surface area contributed by atoms with Crippen LogP contribution in [0.5, 0.6) is 0 Å². The first-order chi connectivity index (χ1) is 10.6. The van der Waals surface area contributed by atoms with Gasteiger partial charge in [0.2, 0.25) is 0 Å². The van der Waals surface area contributed by atoms with Crippen LogP contribution in [-0.4, -0.2) is 24.5 Å². The smallest absolute Gasteiger partial charge is 0.414 e. The molecule has 2 rings (SSSR count). The second-order valence-corrected chi connectivity index (χ2v) is 4.81. The van der Waals surface area contributed by atoms with Crippen LogP contribution in [0.1, 0.15) is 24.2 Å². The summed E-state index contributed by atoms with van der Waals surface area (Å²) < 4.78 is 5.10. The van der Waals surface area contributed by atoms with Gasteiger partial charge in [-0.05, 0) is 26.0 Å². The molecule has 114 valence electrons. The molecule has 0 bridgehead atoms. The van der Waals surface area contributed by atoms with E-state index >= 15 is 0 Å². The zero-order chi connectivity index (χ0) is 15.9. The molecule has 0 N–H and O–H groups in total. The number of para-hydroxylation sites is 1. The number of hydrogen-bond donors (Lipinski definition) is 0. The Hall–Kier alpha value is -2.62. The molecule has 1 amide bonds. The maximum absolute atomic E-state index is 12.6. The highest BCUT2D eigenvalue weighted by Gasteiger charge is 2.28. The van der Waals surface area contributed by atoms with Gasteiger partial charge in [0.05, 0.1) is 6.61 Å². The molecule has 0 saturated heterocycles. The number of nitrogens with zero attached hydrogens (tertiary/aromatic N) is 1. The quantitative estimate of drug-likeness (QED) is 0.786. The van der Waals surface area contributed by atoms with E-state index in [1.165, 1.54) is 4.90 Å². The highest BCUT2D eigenvalue weighted by molar-refractivity contribution is 6.06. The number of anilines is 1. The maximum atomic E-state index is 12.6. The van der Waals surface area contributed by atoms with Crippen molar-refractivity contribution in [1.29, 1.82) is 0 Å². The van der Waals surface area contributed by atoms with Crippen molar-refractivity contribution >= 4 is 17.6 Å². The van der Waals surface area contributed by atoms with E-state index in [-0.39, 0.29) is 12.4 Å². The molecule has 0 radical (unpaired) electrons. The van der Waals surface area contributed by atoms with Gasteiger partial charge in [0.25, 0.3) is 0 Å². The minimum atomic E-state index is -0.649. The number of ether oxygens (including phenoxy) is 1. The minimum Gasteiger partial charge on any atom is -0.449 e. The lowest BCUT2D eigenvalue weighted by molar-refractivity contribution is 0.0953. The largest absolute Gasteiger partial charge is 0.449 e. The summed E-state index contributed by atoms with van der Waals surface area (Å²) >= 11 is 0. The zero-order valence-electron chi connectivity index (χ0n) is 12.7. The summed E-state index contributed by atoms with van der Waals surface area (Å²) in [7, 11) is 0. The van der Waals surface area contributed by atoms with Crippen LogP contribution in [0.3, 0.4) is 0 Å². The standard InChI is InChI=1S/C18H19NO3/c1-3-22-18(21)19(16-12-8-5-9-13-16)14(2)17(20)15-10-6-4-7-11-15/h4-14H,3H2,1-2H3. The van der Waals surface area contributed by atoms with Crippen LogP contribution in [-0.2, 0) is 4.74 Å². The van der Waals surface area contributed by atoms with Crippen molar-refractivity contribution < 1.29 is 14.3 Å². The lowest BCUT2D eigenvalue weighted by atomic mass is 10.0. The van der Waals surface area contributed by atoms with Crippen LogP contribution in [0.2, 0.25) is 0 Å². The first-order valence-electron chi connectivity index (χ1n) is 7.25. The van der Waals surface area contributed by atoms with Crippen molar-refractivity contribution in [3.63, 3.8) is 0 Å². The van der Waals surface area contributed by atoms with Gasteiger partial charge in [-0.15, -0.1) is 0 Å². The van der Waals surface area contributed by atoms with Crippen LogP contribution >= 0.6 is 0 Å². The highest BCUT2D eigenvalue weighted by atomic mass is 16.6. The molecule has 22 heavy (non-hydrogen) atoms. The van der Waals surface area contributed by atoms with Crippen LogP contribution in [0.15, 0.2) is 60.7 Å². The fourth-order valence-corrected chi connectivity index (χ4v) is 2.23. The molecule has 2 aromatic rings. The molecule has 1 unspecified atom stereocenters. The molecule has 4 nitrogen and oxygen atoms in total. The Morgan fingerprint density at radius 1 is 1.00 bits per heavy atom. The molecular weight excluding hydrogens is 278 g/mol. The Morgan fingerprint density at radius 2 is 1.55 bits per heavy atom. The Kier molecular flexibility index (Phi) is 5.31. The van der Waals surface area contributed by atoms with Crippen molar-refractivity contribution in [1.82, 2.24) is 0 Å². The van der Waals surface area contributed by atoms with Gasteiger partial charge in [0.1, 0.15) is 6.04 Å². The molecule has 0 aliphatic carbocycles. The summed E-state index contributed by atoms with van der Waals surface area (Å²) in [6.45, 7) is 3.71. The van der Waals surface area contributed by atoms with Gasteiger partial charge in [-0.25, -0.2) is 4.79 Å². The summed E-state index contributed by atoms with van der Waals surface area (Å²) in [5, 5.41) is 0. The molecule has 0 fully saturated rings. The third kappa shape index (κ3) is 3.52. The van der Waals surface area contributed by atoms with Crippen LogP contribution < -0.4 is 4.90 Å². The minimum absolute atomic E-state index is 0.127. The molecular formula is C18H19NO3. The van der Waals surface area contributed by atoms with Gasteiger partial charge >= 0.3 is 6.09 Å². The third-order valence-electron chi connectivity index (χ3n) is 3.32. The third-order valence-corrected chi connectivity index (χ3v) is 3.32. The molecule has 0 heterocycles. The molecule has 0 aliphatic rings.